The van der Waals surface area contributed by atoms with Crippen LogP contribution in [-0.2, 0) is 9.59 Å². The average molecular weight is 153 g/mol. The molecule has 0 radical (unpaired) electrons. The molecule has 0 aromatic carbocycles. The largest absolute Gasteiger partial charge is 0.335 e. The third-order valence-corrected chi connectivity index (χ3v) is 1.57. The third kappa shape index (κ3) is 2.18. The number of rotatable bonds is 2. The Hall–Kier alpha value is -1.12. The summed E-state index contributed by atoms with van der Waals surface area (Å²) in [5, 5.41) is 0. The van der Waals surface area contributed by atoms with Crippen molar-refractivity contribution in [2.75, 3.05) is 13.1 Å². The van der Waals surface area contributed by atoms with Gasteiger partial charge in [-0.3, -0.25) is 9.59 Å². The second-order valence-corrected chi connectivity index (χ2v) is 2.65. The topological polar surface area (TPSA) is 37.4 Å². The Labute approximate surface area is 65.7 Å². The molecule has 60 valence electrons. The summed E-state index contributed by atoms with van der Waals surface area (Å²) in [5.74, 6) is -0.135. The van der Waals surface area contributed by atoms with Gasteiger partial charge in [0.25, 0.3) is 0 Å². The van der Waals surface area contributed by atoms with Crippen molar-refractivity contribution >= 4 is 11.7 Å². The van der Waals surface area contributed by atoms with Gasteiger partial charge in [-0.05, 0) is 6.92 Å². The lowest BCUT2D eigenvalue weighted by Crippen LogP contribution is -2.29. The molecule has 1 rings (SSSR count). The van der Waals surface area contributed by atoms with Crippen molar-refractivity contribution in [1.82, 2.24) is 4.90 Å². The second-order valence-electron chi connectivity index (χ2n) is 2.65. The lowest BCUT2D eigenvalue weighted by molar-refractivity contribution is -0.133. The fraction of sp³-hybridized carbons (Fsp3) is 0.500. The zero-order valence-corrected chi connectivity index (χ0v) is 6.54. The quantitative estimate of drug-likeness (QED) is 0.424. The number of amides is 1. The molecule has 0 saturated carbocycles. The maximum atomic E-state index is 11.1. The van der Waals surface area contributed by atoms with Crippen LogP contribution in [-0.4, -0.2) is 29.7 Å². The van der Waals surface area contributed by atoms with Gasteiger partial charge in [-0.15, -0.1) is 0 Å². The molecule has 0 spiro atoms. The molecular formula is C8H11NO2. The van der Waals surface area contributed by atoms with E-state index in [2.05, 4.69) is 0 Å². The molecule has 1 aliphatic heterocycles. The molecule has 0 fully saturated rings. The van der Waals surface area contributed by atoms with Crippen LogP contribution in [0.3, 0.4) is 0 Å². The van der Waals surface area contributed by atoms with Crippen LogP contribution in [0.1, 0.15) is 13.3 Å². The fourth-order valence-electron chi connectivity index (χ4n) is 1.01. The van der Waals surface area contributed by atoms with E-state index in [9.17, 15) is 9.59 Å². The Kier molecular flexibility index (Phi) is 2.41. The first kappa shape index (κ1) is 7.98. The monoisotopic (exact) mass is 153 g/mol. The predicted molar refractivity (Wildman–Crippen MR) is 41.0 cm³/mol. The van der Waals surface area contributed by atoms with E-state index in [1.54, 1.807) is 4.90 Å². The van der Waals surface area contributed by atoms with Crippen molar-refractivity contribution in [3.63, 3.8) is 0 Å². The number of hydrogen-bond acceptors (Lipinski definition) is 2. The molecule has 1 amide bonds. The van der Waals surface area contributed by atoms with Gasteiger partial charge in [0.05, 0.1) is 6.42 Å². The Bertz CT molecular complexity index is 200. The van der Waals surface area contributed by atoms with Gasteiger partial charge >= 0.3 is 0 Å². The number of Topliss-reactive ketones (excluding diaryl/α,β-unsaturated/α-hetero) is 1. The molecule has 3 heteroatoms. The molecule has 0 N–H and O–H groups in total. The van der Waals surface area contributed by atoms with Crippen LogP contribution < -0.4 is 0 Å². The molecule has 0 bridgehead atoms. The van der Waals surface area contributed by atoms with Gasteiger partial charge in [0.1, 0.15) is 5.78 Å². The molecule has 0 atom stereocenters. The lowest BCUT2D eigenvalue weighted by atomic mass is 10.3. The predicted octanol–water partition coefficient (Wildman–Crippen LogP) is 0.364. The maximum Gasteiger partial charge on any atom is 0.230 e. The van der Waals surface area contributed by atoms with E-state index in [1.165, 1.54) is 6.92 Å². The highest BCUT2D eigenvalue weighted by Crippen LogP contribution is 2.01. The number of hydrogen-bond donors (Lipinski definition) is 0. The van der Waals surface area contributed by atoms with Crippen molar-refractivity contribution < 1.29 is 9.59 Å². The fourth-order valence-corrected chi connectivity index (χ4v) is 1.01. The van der Waals surface area contributed by atoms with Gasteiger partial charge in [0.2, 0.25) is 5.91 Å². The van der Waals surface area contributed by atoms with E-state index in [0.29, 0.717) is 13.1 Å². The zero-order chi connectivity index (χ0) is 8.27. The number of carbonyl (C=O) groups is 2. The highest BCUT2D eigenvalue weighted by atomic mass is 16.2. The van der Waals surface area contributed by atoms with E-state index in [1.807, 2.05) is 12.2 Å². The minimum absolute atomic E-state index is 0.0433. The summed E-state index contributed by atoms with van der Waals surface area (Å²) in [5.41, 5.74) is 0. The van der Waals surface area contributed by atoms with Gasteiger partial charge in [0.15, 0.2) is 0 Å². The van der Waals surface area contributed by atoms with Gasteiger partial charge in [-0.2, -0.15) is 0 Å². The van der Waals surface area contributed by atoms with Crippen molar-refractivity contribution in [2.45, 2.75) is 13.3 Å². The molecule has 0 aromatic heterocycles. The van der Waals surface area contributed by atoms with Gasteiger partial charge in [0, 0.05) is 13.1 Å². The average Bonchev–Trinajstić information content (AvgIpc) is 2.35. The van der Waals surface area contributed by atoms with E-state index < -0.39 is 0 Å². The number of carbonyl (C=O) groups excluding carboxylic acids is 2. The van der Waals surface area contributed by atoms with E-state index in [4.69, 9.17) is 0 Å². The highest BCUT2D eigenvalue weighted by Gasteiger charge is 2.14. The highest BCUT2D eigenvalue weighted by molar-refractivity contribution is 5.97. The number of ketones is 1. The summed E-state index contributed by atoms with van der Waals surface area (Å²) in [4.78, 5) is 23.3. The molecule has 0 aromatic rings. The first-order valence-corrected chi connectivity index (χ1v) is 3.62. The Morgan fingerprint density at radius 3 is 2.36 bits per heavy atom. The molecule has 0 unspecified atom stereocenters. The molecule has 3 nitrogen and oxygen atoms in total. The Balaban J connectivity index is 2.36. The van der Waals surface area contributed by atoms with Gasteiger partial charge in [-0.25, -0.2) is 0 Å². The summed E-state index contributed by atoms with van der Waals surface area (Å²) in [6.07, 6.45) is 3.90. The molecule has 0 saturated heterocycles. The molecule has 11 heavy (non-hydrogen) atoms. The van der Waals surface area contributed by atoms with Crippen LogP contribution >= 0.6 is 0 Å². The summed E-state index contributed by atoms with van der Waals surface area (Å²) in [7, 11) is 0. The van der Waals surface area contributed by atoms with E-state index in [-0.39, 0.29) is 18.1 Å². The Morgan fingerprint density at radius 2 is 1.91 bits per heavy atom. The molecular weight excluding hydrogens is 142 g/mol. The standard InChI is InChI=1S/C8H11NO2/c1-7(10)6-8(11)9-4-2-3-5-9/h2-3H,4-6H2,1H3. The first-order chi connectivity index (χ1) is 5.20. The lowest BCUT2D eigenvalue weighted by Gasteiger charge is -2.13. The van der Waals surface area contributed by atoms with Crippen LogP contribution in [0.2, 0.25) is 0 Å². The molecule has 1 aliphatic rings. The van der Waals surface area contributed by atoms with E-state index in [0.717, 1.165) is 0 Å². The minimum atomic E-state index is -0.0677. The summed E-state index contributed by atoms with van der Waals surface area (Å²) in [6, 6.07) is 0. The number of nitrogens with zero attached hydrogens (tertiary/aromatic N) is 1. The van der Waals surface area contributed by atoms with Crippen LogP contribution in [0, 0.1) is 0 Å². The summed E-state index contributed by atoms with van der Waals surface area (Å²) >= 11 is 0. The van der Waals surface area contributed by atoms with Crippen molar-refractivity contribution in [3.05, 3.63) is 12.2 Å². The minimum Gasteiger partial charge on any atom is -0.335 e. The van der Waals surface area contributed by atoms with E-state index >= 15 is 0 Å². The van der Waals surface area contributed by atoms with Crippen LogP contribution in [0.25, 0.3) is 0 Å². The van der Waals surface area contributed by atoms with Crippen molar-refractivity contribution in [1.29, 1.82) is 0 Å². The van der Waals surface area contributed by atoms with Crippen LogP contribution in [0.4, 0.5) is 0 Å². The second kappa shape index (κ2) is 3.32. The SMILES string of the molecule is CC(=O)CC(=O)N1CC=CC1. The summed E-state index contributed by atoms with van der Waals surface area (Å²) < 4.78 is 0. The van der Waals surface area contributed by atoms with Gasteiger partial charge in [-0.1, -0.05) is 12.2 Å². The zero-order valence-electron chi connectivity index (χ0n) is 6.54. The van der Waals surface area contributed by atoms with Crippen molar-refractivity contribution in [3.8, 4) is 0 Å². The summed E-state index contributed by atoms with van der Waals surface area (Å²) in [6.45, 7) is 2.75. The van der Waals surface area contributed by atoms with Crippen LogP contribution in [0.5, 0.6) is 0 Å². The smallest absolute Gasteiger partial charge is 0.230 e. The maximum absolute atomic E-state index is 11.1. The third-order valence-electron chi connectivity index (χ3n) is 1.57. The van der Waals surface area contributed by atoms with Crippen molar-refractivity contribution in [2.24, 2.45) is 0 Å². The normalized spacial score (nSPS) is 15.5. The molecule has 1 heterocycles. The van der Waals surface area contributed by atoms with Crippen LogP contribution in [0.15, 0.2) is 12.2 Å². The van der Waals surface area contributed by atoms with Gasteiger partial charge < -0.3 is 4.90 Å². The molecule has 0 aliphatic carbocycles. The first-order valence-electron chi connectivity index (χ1n) is 3.62. The Morgan fingerprint density at radius 1 is 1.36 bits per heavy atom.